The molecule has 3 heterocycles. The molecule has 5 nitrogen and oxygen atoms in total. The van der Waals surface area contributed by atoms with Crippen molar-refractivity contribution in [1.29, 1.82) is 0 Å². The molecule has 0 aliphatic rings. The molecule has 9 rings (SSSR count). The average Bonchev–Trinajstić information content (AvgIpc) is 3.59. The van der Waals surface area contributed by atoms with Crippen LogP contribution in [0.25, 0.3) is 83.2 Å². The highest BCUT2D eigenvalue weighted by Crippen LogP contribution is 2.42. The number of aromatic hydroxyl groups is 1. The van der Waals surface area contributed by atoms with Crippen molar-refractivity contribution >= 4 is 32.7 Å². The van der Waals surface area contributed by atoms with Gasteiger partial charge >= 0.3 is 0 Å². The van der Waals surface area contributed by atoms with Crippen LogP contribution in [0, 0.1) is 0 Å². The lowest BCUT2D eigenvalue weighted by Gasteiger charge is -2.23. The third kappa shape index (κ3) is 6.19. The quantitative estimate of drug-likeness (QED) is 0.192. The Hall–Kier alpha value is -6.59. The van der Waals surface area contributed by atoms with E-state index in [1.165, 1.54) is 11.1 Å². The predicted molar refractivity (Wildman–Crippen MR) is 232 cm³/mol. The van der Waals surface area contributed by atoms with Gasteiger partial charge in [-0.15, -0.1) is 0 Å². The topological polar surface area (TPSA) is 63.8 Å². The van der Waals surface area contributed by atoms with E-state index in [9.17, 15) is 5.11 Å². The maximum atomic E-state index is 11.5. The number of fused-ring (bicyclic) bond motifs is 3. The molecule has 0 aliphatic carbocycles. The molecule has 0 atom stereocenters. The van der Waals surface area contributed by atoms with Gasteiger partial charge in [0.1, 0.15) is 17.1 Å². The van der Waals surface area contributed by atoms with Crippen LogP contribution in [0.3, 0.4) is 0 Å². The Morgan fingerprint density at radius 1 is 0.500 bits per heavy atom. The van der Waals surface area contributed by atoms with Gasteiger partial charge in [-0.05, 0) is 92.4 Å². The molecule has 0 radical (unpaired) electrons. The van der Waals surface area contributed by atoms with Crippen molar-refractivity contribution in [2.24, 2.45) is 0 Å². The lowest BCUT2D eigenvalue weighted by Crippen LogP contribution is -2.12. The van der Waals surface area contributed by atoms with Crippen LogP contribution in [0.15, 0.2) is 152 Å². The molecule has 0 spiro atoms. The average molecular weight is 729 g/mol. The van der Waals surface area contributed by atoms with Gasteiger partial charge in [0.05, 0.1) is 22.9 Å². The molecule has 0 saturated carbocycles. The van der Waals surface area contributed by atoms with E-state index in [0.29, 0.717) is 5.56 Å². The molecule has 0 saturated heterocycles. The van der Waals surface area contributed by atoms with E-state index in [4.69, 9.17) is 15.0 Å². The van der Waals surface area contributed by atoms with Crippen LogP contribution in [-0.4, -0.2) is 24.6 Å². The van der Waals surface area contributed by atoms with Gasteiger partial charge in [-0.25, -0.2) is 4.98 Å². The lowest BCUT2D eigenvalue weighted by atomic mass is 9.84. The Morgan fingerprint density at radius 2 is 1.18 bits per heavy atom. The summed E-state index contributed by atoms with van der Waals surface area (Å²) in [5, 5.41) is 14.6. The van der Waals surface area contributed by atoms with Crippen LogP contribution in [0.2, 0.25) is 0 Å². The first-order chi connectivity index (χ1) is 26.9. The fourth-order valence-corrected chi connectivity index (χ4v) is 7.79. The summed E-state index contributed by atoms with van der Waals surface area (Å²) in [6.07, 6.45) is 5.59. The van der Waals surface area contributed by atoms with Gasteiger partial charge in [-0.1, -0.05) is 126 Å². The Morgan fingerprint density at radius 3 is 1.95 bits per heavy atom. The molecule has 9 aromatic rings. The monoisotopic (exact) mass is 728 g/mol. The summed E-state index contributed by atoms with van der Waals surface area (Å²) in [5.74, 6) is 0.968. The Kier molecular flexibility index (Phi) is 8.35. The molecule has 1 N–H and O–H groups in total. The van der Waals surface area contributed by atoms with Crippen LogP contribution in [0.4, 0.5) is 0 Å². The zero-order chi connectivity index (χ0) is 38.8. The maximum absolute atomic E-state index is 11.5. The summed E-state index contributed by atoms with van der Waals surface area (Å²) in [7, 11) is 0. The molecule has 0 bridgehead atoms. The minimum absolute atomic E-state index is 0.0465. The second-order valence-electron chi connectivity index (χ2n) is 16.8. The highest BCUT2D eigenvalue weighted by molar-refractivity contribution is 6.01. The molecular weight excluding hydrogens is 685 g/mol. The summed E-state index contributed by atoms with van der Waals surface area (Å²) in [6, 6.07) is 46.6. The summed E-state index contributed by atoms with van der Waals surface area (Å²) >= 11 is 0. The maximum Gasteiger partial charge on any atom is 0.145 e. The van der Waals surface area contributed by atoms with Gasteiger partial charge in [-0.3, -0.25) is 14.5 Å². The van der Waals surface area contributed by atoms with Crippen molar-refractivity contribution < 1.29 is 5.11 Å². The number of pyridine rings is 2. The molecule has 6 aromatic carbocycles. The number of hydrogen-bond donors (Lipinski definition) is 1. The van der Waals surface area contributed by atoms with E-state index in [-0.39, 0.29) is 16.6 Å². The smallest absolute Gasteiger partial charge is 0.145 e. The minimum atomic E-state index is -0.0586. The number of aromatic nitrogens is 4. The van der Waals surface area contributed by atoms with Crippen molar-refractivity contribution in [3.63, 3.8) is 0 Å². The van der Waals surface area contributed by atoms with Crippen molar-refractivity contribution in [1.82, 2.24) is 19.5 Å². The zero-order valence-electron chi connectivity index (χ0n) is 32.7. The fourth-order valence-electron chi connectivity index (χ4n) is 7.79. The fraction of sp³-hybridized carbons (Fsp3) is 0.157. The molecule has 274 valence electrons. The second-order valence-corrected chi connectivity index (χ2v) is 16.8. The van der Waals surface area contributed by atoms with Gasteiger partial charge < -0.3 is 5.11 Å². The largest absolute Gasteiger partial charge is 0.507 e. The van der Waals surface area contributed by atoms with E-state index in [1.54, 1.807) is 0 Å². The first-order valence-electron chi connectivity index (χ1n) is 19.2. The summed E-state index contributed by atoms with van der Waals surface area (Å²) in [4.78, 5) is 15.2. The van der Waals surface area contributed by atoms with Crippen molar-refractivity contribution in [2.75, 3.05) is 0 Å². The molecular formula is C51H44N4O. The summed E-state index contributed by atoms with van der Waals surface area (Å²) in [6.45, 7) is 13.5. The van der Waals surface area contributed by atoms with E-state index in [1.807, 2.05) is 55.0 Å². The van der Waals surface area contributed by atoms with Gasteiger partial charge in [0.15, 0.2) is 0 Å². The molecule has 0 fully saturated rings. The van der Waals surface area contributed by atoms with Crippen LogP contribution in [0.1, 0.15) is 52.7 Å². The second kappa shape index (κ2) is 13.3. The van der Waals surface area contributed by atoms with E-state index in [0.717, 1.165) is 77.6 Å². The van der Waals surface area contributed by atoms with E-state index >= 15 is 0 Å². The summed E-state index contributed by atoms with van der Waals surface area (Å²) in [5.41, 5.74) is 12.7. The van der Waals surface area contributed by atoms with E-state index < -0.39 is 0 Å². The third-order valence-corrected chi connectivity index (χ3v) is 10.9. The van der Waals surface area contributed by atoms with Gasteiger partial charge in [0.25, 0.3) is 0 Å². The highest BCUT2D eigenvalue weighted by atomic mass is 16.3. The molecule has 0 aliphatic heterocycles. The van der Waals surface area contributed by atoms with Crippen molar-refractivity contribution in [3.05, 3.63) is 163 Å². The van der Waals surface area contributed by atoms with Crippen molar-refractivity contribution in [2.45, 2.75) is 52.4 Å². The molecule has 0 amide bonds. The normalized spacial score (nSPS) is 12.2. The molecule has 3 aromatic heterocycles. The number of nitrogens with zero attached hydrogens (tertiary/aromatic N) is 4. The highest BCUT2D eigenvalue weighted by Gasteiger charge is 2.24. The number of phenols is 1. The van der Waals surface area contributed by atoms with Crippen LogP contribution in [0.5, 0.6) is 5.75 Å². The number of hydrogen-bond acceptors (Lipinski definition) is 4. The first-order valence-corrected chi connectivity index (χ1v) is 19.2. The van der Waals surface area contributed by atoms with Crippen LogP contribution < -0.4 is 0 Å². The van der Waals surface area contributed by atoms with E-state index in [2.05, 4.69) is 143 Å². The molecule has 5 heteroatoms. The van der Waals surface area contributed by atoms with Gasteiger partial charge in [0, 0.05) is 45.6 Å². The number of imidazole rings is 1. The number of benzene rings is 6. The minimum Gasteiger partial charge on any atom is -0.507 e. The first kappa shape index (κ1) is 35.1. The molecule has 0 unspecified atom stereocenters. The lowest BCUT2D eigenvalue weighted by molar-refractivity contribution is 0.478. The summed E-state index contributed by atoms with van der Waals surface area (Å²) < 4.78 is 2.25. The van der Waals surface area contributed by atoms with Crippen LogP contribution >= 0.6 is 0 Å². The predicted octanol–water partition coefficient (Wildman–Crippen LogP) is 13.1. The van der Waals surface area contributed by atoms with Gasteiger partial charge in [-0.2, -0.15) is 0 Å². The number of rotatable bonds is 5. The standard InChI is InChI=1S/C51H44N4O/c1-50(2,3)38-21-22-44(40(28-38)32-14-8-7-9-15-32)55-45-31-52-30-43(42-26-33-16-10-11-17-34(33)27-46(42)56)48(45)54-49(55)37-19-12-18-35(24-37)41-29-39(51(4,5)6)25-36-20-13-23-53-47(36)41/h7-31,56H,1-6H3. The van der Waals surface area contributed by atoms with Gasteiger partial charge in [0.2, 0.25) is 0 Å². The van der Waals surface area contributed by atoms with Crippen LogP contribution in [-0.2, 0) is 10.8 Å². The Balaban J connectivity index is 1.35. The van der Waals surface area contributed by atoms with Crippen molar-refractivity contribution in [3.8, 4) is 56.2 Å². The number of phenolic OH excluding ortho intramolecular Hbond substituents is 1. The SMILES string of the molecule is CC(C)(C)c1ccc(-n2c(-c3cccc(-c4cc(C(C)(C)C)cc5cccnc45)c3)nc3c(-c4cc5ccccc5cc4O)cncc32)c(-c2ccccc2)c1. The third-order valence-electron chi connectivity index (χ3n) is 10.9. The Bertz CT molecular complexity index is 2950. The zero-order valence-corrected chi connectivity index (χ0v) is 32.7. The molecule has 56 heavy (non-hydrogen) atoms. The Labute approximate surface area is 328 Å².